The summed E-state index contributed by atoms with van der Waals surface area (Å²) in [6.45, 7) is 3.19. The highest BCUT2D eigenvalue weighted by Crippen LogP contribution is 2.16. The molecule has 0 amide bonds. The maximum absolute atomic E-state index is 12.9. The van der Waals surface area contributed by atoms with Crippen molar-refractivity contribution in [3.05, 3.63) is 23.6 Å². The maximum Gasteiger partial charge on any atom is 0.341 e. The van der Waals surface area contributed by atoms with Crippen molar-refractivity contribution in [3.8, 4) is 5.88 Å². The third kappa shape index (κ3) is 3.16. The minimum atomic E-state index is -1.24. The number of carboxylic acid groups (broad SMARTS) is 1. The maximum atomic E-state index is 12.9. The molecule has 0 radical (unpaired) electrons. The topological polar surface area (TPSA) is 62.7 Å². The fourth-order valence-electron chi connectivity index (χ4n) is 1.97. The summed E-state index contributed by atoms with van der Waals surface area (Å²) in [6, 6.07) is 0.917. The summed E-state index contributed by atoms with van der Waals surface area (Å²) in [5.74, 6) is -1.94. The second-order valence-corrected chi connectivity index (χ2v) is 4.21. The van der Waals surface area contributed by atoms with Crippen LogP contribution in [-0.4, -0.2) is 47.2 Å². The minimum absolute atomic E-state index is 0.0249. The first-order valence-electron chi connectivity index (χ1n) is 5.91. The Morgan fingerprint density at radius 2 is 2.22 bits per heavy atom. The van der Waals surface area contributed by atoms with Crippen molar-refractivity contribution in [2.45, 2.75) is 12.8 Å². The molecule has 1 aliphatic heterocycles. The zero-order valence-corrected chi connectivity index (χ0v) is 9.93. The molecule has 18 heavy (non-hydrogen) atoms. The van der Waals surface area contributed by atoms with E-state index in [1.54, 1.807) is 0 Å². The third-order valence-electron chi connectivity index (χ3n) is 2.89. The van der Waals surface area contributed by atoms with Crippen molar-refractivity contribution < 1.29 is 19.0 Å². The van der Waals surface area contributed by atoms with E-state index in [1.807, 2.05) is 0 Å². The molecule has 98 valence electrons. The van der Waals surface area contributed by atoms with Gasteiger partial charge < -0.3 is 9.84 Å². The van der Waals surface area contributed by atoms with E-state index < -0.39 is 11.8 Å². The van der Waals surface area contributed by atoms with Crippen LogP contribution < -0.4 is 4.74 Å². The molecular formula is C12H15FN2O3. The molecule has 1 aromatic rings. The van der Waals surface area contributed by atoms with Crippen LogP contribution in [-0.2, 0) is 0 Å². The quantitative estimate of drug-likeness (QED) is 0.860. The monoisotopic (exact) mass is 254 g/mol. The predicted molar refractivity (Wildman–Crippen MR) is 62.3 cm³/mol. The Kier molecular flexibility index (Phi) is 4.09. The molecule has 0 aliphatic carbocycles. The van der Waals surface area contributed by atoms with Crippen molar-refractivity contribution in [2.75, 3.05) is 26.2 Å². The number of nitrogens with zero attached hydrogens (tertiary/aromatic N) is 2. The third-order valence-corrected chi connectivity index (χ3v) is 2.89. The highest BCUT2D eigenvalue weighted by Gasteiger charge is 2.15. The summed E-state index contributed by atoms with van der Waals surface area (Å²) in [6.07, 6.45) is 3.34. The highest BCUT2D eigenvalue weighted by atomic mass is 19.1. The van der Waals surface area contributed by atoms with Gasteiger partial charge in [0, 0.05) is 6.54 Å². The number of ether oxygens (including phenoxy) is 1. The van der Waals surface area contributed by atoms with Gasteiger partial charge >= 0.3 is 5.97 Å². The fourth-order valence-corrected chi connectivity index (χ4v) is 1.97. The number of carboxylic acids is 1. The summed E-state index contributed by atoms with van der Waals surface area (Å²) in [5, 5.41) is 8.90. The molecule has 1 N–H and O–H groups in total. The standard InChI is InChI=1S/C12H15FN2O3/c13-9-7-10(12(16)17)11(14-8-9)18-6-5-15-3-1-2-4-15/h7-8H,1-6H2,(H,16,17). The zero-order chi connectivity index (χ0) is 13.0. The molecule has 0 spiro atoms. The van der Waals surface area contributed by atoms with Gasteiger partial charge in [-0.25, -0.2) is 14.2 Å². The molecule has 0 unspecified atom stereocenters. The van der Waals surface area contributed by atoms with Crippen molar-refractivity contribution in [1.82, 2.24) is 9.88 Å². The molecular weight excluding hydrogens is 239 g/mol. The van der Waals surface area contributed by atoms with Gasteiger partial charge in [0.15, 0.2) is 0 Å². The number of aromatic nitrogens is 1. The number of carbonyl (C=O) groups is 1. The lowest BCUT2D eigenvalue weighted by Crippen LogP contribution is -2.25. The van der Waals surface area contributed by atoms with Gasteiger partial charge in [0.05, 0.1) is 6.20 Å². The molecule has 2 rings (SSSR count). The van der Waals surface area contributed by atoms with E-state index in [0.29, 0.717) is 6.61 Å². The second kappa shape index (κ2) is 5.77. The summed E-state index contributed by atoms with van der Waals surface area (Å²) in [7, 11) is 0. The summed E-state index contributed by atoms with van der Waals surface area (Å²) in [5.41, 5.74) is -0.239. The molecule has 5 nitrogen and oxygen atoms in total. The van der Waals surface area contributed by atoms with E-state index in [0.717, 1.165) is 31.9 Å². The van der Waals surface area contributed by atoms with Crippen molar-refractivity contribution in [3.63, 3.8) is 0 Å². The van der Waals surface area contributed by atoms with E-state index >= 15 is 0 Å². The van der Waals surface area contributed by atoms with Gasteiger partial charge in [0.1, 0.15) is 18.0 Å². The van der Waals surface area contributed by atoms with Crippen LogP contribution in [0.3, 0.4) is 0 Å². The van der Waals surface area contributed by atoms with Crippen molar-refractivity contribution >= 4 is 5.97 Å². The Hall–Kier alpha value is -1.69. The van der Waals surface area contributed by atoms with Gasteiger partial charge in [0.25, 0.3) is 0 Å². The van der Waals surface area contributed by atoms with E-state index in [1.165, 1.54) is 12.8 Å². The fraction of sp³-hybridized carbons (Fsp3) is 0.500. The minimum Gasteiger partial charge on any atom is -0.477 e. The number of rotatable bonds is 5. The van der Waals surface area contributed by atoms with Gasteiger partial charge in [-0.3, -0.25) is 4.90 Å². The van der Waals surface area contributed by atoms with Crippen LogP contribution in [0.5, 0.6) is 5.88 Å². The normalized spacial score (nSPS) is 15.8. The van der Waals surface area contributed by atoms with Gasteiger partial charge in [-0.1, -0.05) is 0 Å². The number of hydrogen-bond acceptors (Lipinski definition) is 4. The number of likely N-dealkylation sites (tertiary alicyclic amines) is 1. The largest absolute Gasteiger partial charge is 0.477 e. The van der Waals surface area contributed by atoms with Gasteiger partial charge in [-0.05, 0) is 32.0 Å². The first-order chi connectivity index (χ1) is 8.66. The molecule has 1 fully saturated rings. The van der Waals surface area contributed by atoms with Crippen LogP contribution in [0, 0.1) is 5.82 Å². The number of halogens is 1. The summed E-state index contributed by atoms with van der Waals surface area (Å²) in [4.78, 5) is 16.8. The van der Waals surface area contributed by atoms with Crippen molar-refractivity contribution in [2.24, 2.45) is 0 Å². The zero-order valence-electron chi connectivity index (χ0n) is 9.93. The number of pyridine rings is 1. The van der Waals surface area contributed by atoms with Crippen LogP contribution in [0.4, 0.5) is 4.39 Å². The molecule has 0 atom stereocenters. The summed E-state index contributed by atoms with van der Waals surface area (Å²) >= 11 is 0. The highest BCUT2D eigenvalue weighted by molar-refractivity contribution is 5.90. The number of aromatic carboxylic acids is 1. The predicted octanol–water partition coefficient (Wildman–Crippen LogP) is 1.39. The molecule has 1 saturated heterocycles. The first kappa shape index (κ1) is 12.8. The lowest BCUT2D eigenvalue weighted by molar-refractivity contribution is 0.0690. The van der Waals surface area contributed by atoms with E-state index in [4.69, 9.17) is 9.84 Å². The van der Waals surface area contributed by atoms with Gasteiger partial charge in [-0.2, -0.15) is 0 Å². The Labute approximate surface area is 104 Å². The number of hydrogen-bond donors (Lipinski definition) is 1. The first-order valence-corrected chi connectivity index (χ1v) is 5.91. The molecule has 1 aromatic heterocycles. The average Bonchev–Trinajstić information content (AvgIpc) is 2.84. The Balaban J connectivity index is 1.93. The van der Waals surface area contributed by atoms with E-state index in [2.05, 4.69) is 9.88 Å². The molecule has 1 aliphatic rings. The molecule has 0 bridgehead atoms. The van der Waals surface area contributed by atoms with Crippen LogP contribution in [0.2, 0.25) is 0 Å². The Bertz CT molecular complexity index is 433. The smallest absolute Gasteiger partial charge is 0.341 e. The average molecular weight is 254 g/mol. The van der Waals surface area contributed by atoms with Crippen LogP contribution in [0.25, 0.3) is 0 Å². The van der Waals surface area contributed by atoms with E-state index in [-0.39, 0.29) is 11.4 Å². The molecule has 0 saturated carbocycles. The van der Waals surface area contributed by atoms with Crippen LogP contribution in [0.15, 0.2) is 12.3 Å². The Morgan fingerprint density at radius 3 is 2.89 bits per heavy atom. The lowest BCUT2D eigenvalue weighted by atomic mass is 10.3. The van der Waals surface area contributed by atoms with Crippen molar-refractivity contribution in [1.29, 1.82) is 0 Å². The van der Waals surface area contributed by atoms with Gasteiger partial charge in [0.2, 0.25) is 5.88 Å². The second-order valence-electron chi connectivity index (χ2n) is 4.21. The molecule has 6 heteroatoms. The summed E-state index contributed by atoms with van der Waals surface area (Å²) < 4.78 is 18.2. The van der Waals surface area contributed by atoms with E-state index in [9.17, 15) is 9.18 Å². The SMILES string of the molecule is O=C(O)c1cc(F)cnc1OCCN1CCCC1. The molecule has 0 aromatic carbocycles. The van der Waals surface area contributed by atoms with Crippen LogP contribution >= 0.6 is 0 Å². The Morgan fingerprint density at radius 1 is 1.50 bits per heavy atom. The lowest BCUT2D eigenvalue weighted by Gasteiger charge is -2.15. The van der Waals surface area contributed by atoms with Gasteiger partial charge in [-0.15, -0.1) is 0 Å². The molecule has 2 heterocycles. The van der Waals surface area contributed by atoms with Crippen LogP contribution in [0.1, 0.15) is 23.2 Å².